The molecule has 396 valence electrons. The first-order valence-corrected chi connectivity index (χ1v) is 28.5. The fraction of sp³-hybridized carbons (Fsp3) is 0.373. The van der Waals surface area contributed by atoms with E-state index in [9.17, 15) is 23.1 Å². The number of nitrogens with one attached hydrogen (secondary N) is 3. The number of aliphatic hydroxyl groups is 1. The summed E-state index contributed by atoms with van der Waals surface area (Å²) in [6.07, 6.45) is 6.53. The van der Waals surface area contributed by atoms with Crippen molar-refractivity contribution in [3.05, 3.63) is 139 Å². The van der Waals surface area contributed by atoms with Crippen molar-refractivity contribution in [2.75, 3.05) is 84.8 Å². The molecule has 6 aromatic rings. The zero-order valence-corrected chi connectivity index (χ0v) is 46.1. The summed E-state index contributed by atoms with van der Waals surface area (Å²) >= 11 is 15.4. The maximum absolute atomic E-state index is 13.3. The molecule has 2 saturated carbocycles. The highest BCUT2D eigenvalue weighted by Gasteiger charge is 2.53. The number of ether oxygens (including phenoxy) is 4. The van der Waals surface area contributed by atoms with E-state index < -0.39 is 26.0 Å². The number of aliphatic hydroxyl groups excluding tert-OH is 1. The van der Waals surface area contributed by atoms with Crippen LogP contribution in [0.5, 0.6) is 23.0 Å². The van der Waals surface area contributed by atoms with Crippen LogP contribution in [0.15, 0.2) is 97.3 Å². The van der Waals surface area contributed by atoms with Crippen molar-refractivity contribution < 1.29 is 42.1 Å². The number of aromatic nitrogens is 2. The van der Waals surface area contributed by atoms with Gasteiger partial charge in [0, 0.05) is 69.7 Å². The Kier molecular flexibility index (Phi) is 19.3. The quantitative estimate of drug-likeness (QED) is 0.0575. The summed E-state index contributed by atoms with van der Waals surface area (Å²) in [7, 11) is 9.41. The topological polar surface area (TPSA) is 220 Å². The van der Waals surface area contributed by atoms with E-state index in [2.05, 4.69) is 46.4 Å². The van der Waals surface area contributed by atoms with Crippen LogP contribution in [0.2, 0.25) is 10.0 Å². The number of fused-ring (bicyclic) bond motifs is 2. The third kappa shape index (κ3) is 14.8. The Morgan fingerprint density at radius 1 is 0.703 bits per heavy atom. The number of hydrogen-bond acceptors (Lipinski definition) is 17. The lowest BCUT2D eigenvalue weighted by atomic mass is 9.94. The molecule has 0 bridgehead atoms. The minimum absolute atomic E-state index is 0.0397. The molecule has 2 aliphatic carbocycles. The summed E-state index contributed by atoms with van der Waals surface area (Å²) in [6, 6.07) is 26.2. The van der Waals surface area contributed by atoms with E-state index >= 15 is 0 Å². The van der Waals surface area contributed by atoms with Gasteiger partial charge in [0.25, 0.3) is 0 Å². The first kappa shape index (κ1) is 56.6. The summed E-state index contributed by atoms with van der Waals surface area (Å²) in [5.41, 5.74) is 7.52. The standard InChI is InChI=1S/C25H27ClN4O3S.C21H17ClN2O4S.C4H12N2.CH3ClO2S/c1-30(2)12-11-27-22(17-5-3-4-6-18(17)26)21-14-28-24(34-21)29-23(31)25(9-10-25)16-7-8-19-20(13-16)33-15-32-19;22-14-4-2-1-3-13(14)18(25)17-10-23-20(29-17)24-19(26)21(7-8-21)12-5-6-15-16(9-12)28-11-27-15;1-6(2)4-3-5;1-5(2,3)4/h3-8,13-14,22,27H,9-12,15H2,1-2H3,(H,28,29,31);1-6,9-10,18,25H,7-8,11H2,(H,23,24,26);3-5H2,1-2H3;1H3. The van der Waals surface area contributed by atoms with Crippen LogP contribution in [-0.2, 0) is 29.5 Å². The maximum Gasteiger partial charge on any atom is 0.236 e. The van der Waals surface area contributed by atoms with Gasteiger partial charge in [0.05, 0.1) is 28.0 Å². The zero-order chi connectivity index (χ0) is 53.2. The Labute approximate surface area is 453 Å². The molecule has 17 nitrogen and oxygen atoms in total. The Balaban J connectivity index is 0.000000181. The van der Waals surface area contributed by atoms with Crippen LogP contribution in [0.3, 0.4) is 0 Å². The molecular weight excluding hydrogens is 1070 g/mol. The molecule has 2 aromatic heterocycles. The normalized spacial score (nSPS) is 15.8. The number of anilines is 2. The lowest BCUT2D eigenvalue weighted by Gasteiger charge is -2.20. The summed E-state index contributed by atoms with van der Waals surface area (Å²) in [5, 5.41) is 22.4. The molecule has 4 aliphatic rings. The predicted molar refractivity (Wildman–Crippen MR) is 292 cm³/mol. The third-order valence-electron chi connectivity index (χ3n) is 12.2. The van der Waals surface area contributed by atoms with E-state index in [-0.39, 0.29) is 31.4 Å². The first-order valence-electron chi connectivity index (χ1n) is 23.4. The molecule has 2 amide bonds. The number of amides is 2. The average Bonchev–Trinajstić information content (AvgIpc) is 4.02. The van der Waals surface area contributed by atoms with Crippen LogP contribution in [0.1, 0.15) is 69.8 Å². The monoisotopic (exact) mass is 1130 g/mol. The van der Waals surface area contributed by atoms with Gasteiger partial charge in [0.15, 0.2) is 33.3 Å². The minimum atomic E-state index is -3.19. The second-order valence-corrected chi connectivity index (χ2v) is 24.2. The van der Waals surface area contributed by atoms with Gasteiger partial charge in [-0.1, -0.05) is 94.4 Å². The van der Waals surface area contributed by atoms with Crippen LogP contribution in [-0.4, -0.2) is 119 Å². The van der Waals surface area contributed by atoms with E-state index in [0.717, 1.165) is 85.4 Å². The summed E-state index contributed by atoms with van der Waals surface area (Å²) in [5.74, 6) is 2.63. The van der Waals surface area contributed by atoms with E-state index in [4.69, 9.17) is 47.9 Å². The molecule has 6 N–H and O–H groups in total. The summed E-state index contributed by atoms with van der Waals surface area (Å²) in [4.78, 5) is 40.9. The second-order valence-electron chi connectivity index (χ2n) is 18.3. The fourth-order valence-electron chi connectivity index (χ4n) is 7.93. The van der Waals surface area contributed by atoms with Crippen LogP contribution in [0.4, 0.5) is 10.3 Å². The van der Waals surface area contributed by atoms with Gasteiger partial charge in [-0.15, -0.1) is 0 Å². The number of nitrogens with zero attached hydrogens (tertiary/aromatic N) is 4. The van der Waals surface area contributed by atoms with Crippen LogP contribution >= 0.6 is 56.6 Å². The van der Waals surface area contributed by atoms with Gasteiger partial charge in [0.1, 0.15) is 6.10 Å². The molecule has 0 saturated heterocycles. The zero-order valence-electron chi connectivity index (χ0n) is 41.4. The second kappa shape index (κ2) is 25.2. The summed E-state index contributed by atoms with van der Waals surface area (Å²) in [6.45, 7) is 3.84. The molecule has 74 heavy (non-hydrogen) atoms. The van der Waals surface area contributed by atoms with Crippen molar-refractivity contribution in [3.63, 3.8) is 0 Å². The molecule has 0 radical (unpaired) electrons. The highest BCUT2D eigenvalue weighted by molar-refractivity contribution is 8.13. The number of rotatable bonds is 16. The minimum Gasteiger partial charge on any atom is -0.454 e. The molecule has 2 aliphatic heterocycles. The van der Waals surface area contributed by atoms with E-state index in [1.165, 1.54) is 22.7 Å². The van der Waals surface area contributed by atoms with Gasteiger partial charge in [0.2, 0.25) is 34.5 Å². The number of carbonyl (C=O) groups excluding carboxylic acids is 2. The van der Waals surface area contributed by atoms with Crippen LogP contribution in [0, 0.1) is 0 Å². The van der Waals surface area contributed by atoms with Crippen LogP contribution in [0.25, 0.3) is 0 Å². The highest BCUT2D eigenvalue weighted by Crippen LogP contribution is 2.52. The lowest BCUT2D eigenvalue weighted by Crippen LogP contribution is -2.30. The Morgan fingerprint density at radius 3 is 1.57 bits per heavy atom. The van der Waals surface area contributed by atoms with Crippen molar-refractivity contribution in [1.82, 2.24) is 25.1 Å². The largest absolute Gasteiger partial charge is 0.454 e. The fourth-order valence-corrected chi connectivity index (χ4v) is 10.1. The molecular formula is C51H59Cl3N8O9S3. The average molecular weight is 1130 g/mol. The van der Waals surface area contributed by atoms with Gasteiger partial charge in [-0.25, -0.2) is 18.4 Å². The smallest absolute Gasteiger partial charge is 0.236 e. The molecule has 2 fully saturated rings. The number of thiazole rings is 2. The van der Waals surface area contributed by atoms with Crippen LogP contribution < -0.4 is 40.6 Å². The van der Waals surface area contributed by atoms with E-state index in [1.807, 2.05) is 107 Å². The number of carbonyl (C=O) groups is 2. The van der Waals surface area contributed by atoms with Gasteiger partial charge in [-0.3, -0.25) is 9.59 Å². The van der Waals surface area contributed by atoms with E-state index in [0.29, 0.717) is 48.0 Å². The number of hydrogen-bond donors (Lipinski definition) is 5. The number of benzene rings is 4. The predicted octanol–water partition coefficient (Wildman–Crippen LogP) is 8.40. The van der Waals surface area contributed by atoms with Crippen molar-refractivity contribution in [3.8, 4) is 23.0 Å². The van der Waals surface area contributed by atoms with Gasteiger partial charge in [-0.05, 0) is 107 Å². The SMILES string of the molecule is CN(C)CCN.CN(C)CCNC(c1cnc(NC(=O)C2(c3ccc4c(c3)OCO4)CC2)s1)c1ccccc1Cl.CS(=O)(=O)Cl.O=C(Nc1ncc(C(O)c2ccccc2Cl)s1)C1(c2ccc3c(c2)OCO3)CC1. The van der Waals surface area contributed by atoms with Crippen molar-refractivity contribution in [2.24, 2.45) is 5.73 Å². The van der Waals surface area contributed by atoms with Gasteiger partial charge < -0.3 is 55.5 Å². The molecule has 0 spiro atoms. The van der Waals surface area contributed by atoms with Crippen molar-refractivity contribution >= 4 is 87.7 Å². The molecule has 4 heterocycles. The number of likely N-dealkylation sites (N-methyl/N-ethyl adjacent to an activating group) is 2. The number of nitrogens with two attached hydrogens (primary N) is 1. The molecule has 2 unspecified atom stereocenters. The molecule has 4 aromatic carbocycles. The van der Waals surface area contributed by atoms with Gasteiger partial charge >= 0.3 is 0 Å². The maximum atomic E-state index is 13.3. The van der Waals surface area contributed by atoms with Crippen molar-refractivity contribution in [2.45, 2.75) is 48.7 Å². The Bertz CT molecular complexity index is 3000. The lowest BCUT2D eigenvalue weighted by molar-refractivity contribution is -0.119. The first-order chi connectivity index (χ1) is 35.3. The summed E-state index contributed by atoms with van der Waals surface area (Å²) < 4.78 is 40.5. The Hall–Kier alpha value is -5.10. The molecule has 23 heteroatoms. The number of halogens is 3. The van der Waals surface area contributed by atoms with Crippen molar-refractivity contribution in [1.29, 1.82) is 0 Å². The van der Waals surface area contributed by atoms with Gasteiger partial charge in [-0.2, -0.15) is 0 Å². The molecule has 10 rings (SSSR count). The van der Waals surface area contributed by atoms with E-state index in [1.54, 1.807) is 18.3 Å². The molecule has 2 atom stereocenters. The Morgan fingerprint density at radius 2 is 1.14 bits per heavy atom. The highest BCUT2D eigenvalue weighted by atomic mass is 35.7. The third-order valence-corrected chi connectivity index (χ3v) is 14.8.